The predicted octanol–water partition coefficient (Wildman–Crippen LogP) is 4.93. The van der Waals surface area contributed by atoms with E-state index in [2.05, 4.69) is 51.3 Å². The number of rotatable bonds is 9. The second-order valence-electron chi connectivity index (χ2n) is 9.41. The van der Waals surface area contributed by atoms with Gasteiger partial charge in [0.25, 0.3) is 5.91 Å². The van der Waals surface area contributed by atoms with Crippen LogP contribution < -0.4 is 11.1 Å². The van der Waals surface area contributed by atoms with E-state index in [0.717, 1.165) is 36.6 Å². The molecule has 0 radical (unpaired) electrons. The molecule has 0 saturated heterocycles. The number of aromatic nitrogens is 1. The molecule has 190 valence electrons. The van der Waals surface area contributed by atoms with Crippen molar-refractivity contribution in [1.29, 1.82) is 5.41 Å². The number of nitrogens with two attached hydrogens (primary N) is 1. The summed E-state index contributed by atoms with van der Waals surface area (Å²) in [6.45, 7) is 2.52. The highest BCUT2D eigenvalue weighted by molar-refractivity contribution is 5.94. The van der Waals surface area contributed by atoms with Crippen molar-refractivity contribution < 1.29 is 4.79 Å². The zero-order valence-electron chi connectivity index (χ0n) is 21.2. The summed E-state index contributed by atoms with van der Waals surface area (Å²) in [5, 5.41) is 9.18. The Morgan fingerprint density at radius 2 is 1.58 bits per heavy atom. The summed E-state index contributed by atoms with van der Waals surface area (Å²) in [5.74, 6) is 1.46. The van der Waals surface area contributed by atoms with Gasteiger partial charge in [0.1, 0.15) is 0 Å². The first-order valence-corrected chi connectivity index (χ1v) is 12.8. The highest BCUT2D eigenvalue weighted by Gasteiger charge is 2.28. The van der Waals surface area contributed by atoms with Gasteiger partial charge in [0.15, 0.2) is 0 Å². The van der Waals surface area contributed by atoms with Crippen LogP contribution in [-0.4, -0.2) is 48.8 Å². The molecular weight excluding hydrogens is 446 g/mol. The van der Waals surface area contributed by atoms with Gasteiger partial charge < -0.3 is 16.0 Å². The number of nitrogens with zero attached hydrogens (tertiary/aromatic N) is 2. The molecule has 1 aromatic heterocycles. The van der Waals surface area contributed by atoms with Crippen molar-refractivity contribution >= 4 is 12.2 Å². The first-order valence-electron chi connectivity index (χ1n) is 12.8. The number of hydrogen-bond acceptors (Lipinski definition) is 4. The molecule has 6 heteroatoms. The highest BCUT2D eigenvalue weighted by Crippen LogP contribution is 2.31. The molecule has 3 aromatic rings. The number of pyridine rings is 1. The summed E-state index contributed by atoms with van der Waals surface area (Å²) < 4.78 is 0. The summed E-state index contributed by atoms with van der Waals surface area (Å²) in [7, 11) is 2.04. The average molecular weight is 486 g/mol. The molecule has 4 rings (SSSR count). The van der Waals surface area contributed by atoms with Gasteiger partial charge in [0, 0.05) is 36.5 Å². The molecule has 1 unspecified atom stereocenters. The van der Waals surface area contributed by atoms with E-state index in [9.17, 15) is 4.79 Å². The molecule has 1 atom stereocenters. The van der Waals surface area contributed by atoms with Gasteiger partial charge >= 0.3 is 0 Å². The Morgan fingerprint density at radius 1 is 1.00 bits per heavy atom. The SMILES string of the molecule is CNCC1CCC(CN(CC(c2ccccc2)c2ccccn2)C(=O)c2ccccc2)CC1.N=CN. The first-order chi connectivity index (χ1) is 17.7. The van der Waals surface area contributed by atoms with Crippen molar-refractivity contribution in [3.05, 3.63) is 102 Å². The van der Waals surface area contributed by atoms with Crippen molar-refractivity contribution in [2.75, 3.05) is 26.7 Å². The fraction of sp³-hybridized carbons (Fsp3) is 0.367. The van der Waals surface area contributed by atoms with Crippen LogP contribution in [0.5, 0.6) is 0 Å². The van der Waals surface area contributed by atoms with E-state index in [1.54, 1.807) is 0 Å². The molecule has 1 heterocycles. The molecule has 0 bridgehead atoms. The summed E-state index contributed by atoms with van der Waals surface area (Å²) in [4.78, 5) is 20.4. The van der Waals surface area contributed by atoms with Crippen LogP contribution in [0.3, 0.4) is 0 Å². The summed E-state index contributed by atoms with van der Waals surface area (Å²) in [5.41, 5.74) is 7.35. The van der Waals surface area contributed by atoms with E-state index in [4.69, 9.17) is 5.41 Å². The number of benzene rings is 2. The Hall–Kier alpha value is -3.51. The third-order valence-electron chi connectivity index (χ3n) is 6.90. The monoisotopic (exact) mass is 485 g/mol. The minimum absolute atomic E-state index is 0.0423. The number of nitrogens with one attached hydrogen (secondary N) is 2. The fourth-order valence-electron chi connectivity index (χ4n) is 5.08. The van der Waals surface area contributed by atoms with Crippen LogP contribution in [-0.2, 0) is 0 Å². The van der Waals surface area contributed by atoms with Gasteiger partial charge in [-0.3, -0.25) is 15.2 Å². The summed E-state index contributed by atoms with van der Waals surface area (Å²) in [6.07, 6.45) is 7.44. The highest BCUT2D eigenvalue weighted by atomic mass is 16.2. The van der Waals surface area contributed by atoms with Crippen LogP contribution >= 0.6 is 0 Å². The van der Waals surface area contributed by atoms with Gasteiger partial charge in [-0.25, -0.2) is 0 Å². The predicted molar refractivity (Wildman–Crippen MR) is 147 cm³/mol. The van der Waals surface area contributed by atoms with E-state index in [0.29, 0.717) is 12.5 Å². The topological polar surface area (TPSA) is 95.1 Å². The van der Waals surface area contributed by atoms with Gasteiger partial charge in [0.2, 0.25) is 0 Å². The quantitative estimate of drug-likeness (QED) is 0.296. The molecule has 36 heavy (non-hydrogen) atoms. The fourth-order valence-corrected chi connectivity index (χ4v) is 5.08. The van der Waals surface area contributed by atoms with Crippen molar-refractivity contribution in [3.8, 4) is 0 Å². The normalized spacial score (nSPS) is 17.8. The second-order valence-corrected chi connectivity index (χ2v) is 9.41. The largest absolute Gasteiger partial charge is 0.390 e. The van der Waals surface area contributed by atoms with Gasteiger partial charge in [-0.2, -0.15) is 0 Å². The van der Waals surface area contributed by atoms with Gasteiger partial charge in [-0.05, 0) is 80.9 Å². The molecule has 1 aliphatic rings. The molecule has 1 aliphatic carbocycles. The Kier molecular flexibility index (Phi) is 11.1. The van der Waals surface area contributed by atoms with E-state index in [1.165, 1.54) is 31.2 Å². The maximum atomic E-state index is 13.7. The van der Waals surface area contributed by atoms with Crippen LogP contribution in [0.4, 0.5) is 0 Å². The lowest BCUT2D eigenvalue weighted by Gasteiger charge is -2.34. The van der Waals surface area contributed by atoms with E-state index in [-0.39, 0.29) is 11.8 Å². The van der Waals surface area contributed by atoms with Gasteiger partial charge in [-0.15, -0.1) is 0 Å². The Balaban J connectivity index is 0.00000115. The molecule has 0 spiro atoms. The van der Waals surface area contributed by atoms with Crippen LogP contribution in [0.1, 0.15) is 53.2 Å². The number of hydrogen-bond donors (Lipinski definition) is 3. The lowest BCUT2D eigenvalue weighted by molar-refractivity contribution is 0.0698. The number of carbonyl (C=O) groups excluding carboxylic acids is 1. The summed E-state index contributed by atoms with van der Waals surface area (Å²) in [6, 6.07) is 26.2. The van der Waals surface area contributed by atoms with Crippen LogP contribution in [0.25, 0.3) is 0 Å². The zero-order valence-corrected chi connectivity index (χ0v) is 21.2. The van der Waals surface area contributed by atoms with E-state index in [1.807, 2.05) is 61.8 Å². The Bertz CT molecular complexity index is 981. The molecule has 4 N–H and O–H groups in total. The molecule has 1 saturated carbocycles. The van der Waals surface area contributed by atoms with Gasteiger partial charge in [-0.1, -0.05) is 54.6 Å². The van der Waals surface area contributed by atoms with Crippen LogP contribution in [0.2, 0.25) is 0 Å². The molecule has 1 fully saturated rings. The van der Waals surface area contributed by atoms with Crippen LogP contribution in [0, 0.1) is 17.2 Å². The zero-order chi connectivity index (χ0) is 25.6. The second kappa shape index (κ2) is 14.8. The Morgan fingerprint density at radius 3 is 2.17 bits per heavy atom. The summed E-state index contributed by atoms with van der Waals surface area (Å²) >= 11 is 0. The van der Waals surface area contributed by atoms with Crippen molar-refractivity contribution in [3.63, 3.8) is 0 Å². The first kappa shape index (κ1) is 27.1. The molecular formula is C30H39N5O. The molecule has 1 amide bonds. The van der Waals surface area contributed by atoms with Crippen molar-refractivity contribution in [1.82, 2.24) is 15.2 Å². The Labute approximate surface area is 215 Å². The van der Waals surface area contributed by atoms with Crippen molar-refractivity contribution in [2.24, 2.45) is 17.6 Å². The molecule has 0 aliphatic heterocycles. The number of amides is 1. The minimum Gasteiger partial charge on any atom is -0.390 e. The number of carbonyl (C=O) groups is 1. The van der Waals surface area contributed by atoms with Gasteiger partial charge in [0.05, 0.1) is 6.34 Å². The average Bonchev–Trinajstić information content (AvgIpc) is 2.93. The molecule has 6 nitrogen and oxygen atoms in total. The van der Waals surface area contributed by atoms with Crippen molar-refractivity contribution in [2.45, 2.75) is 31.6 Å². The van der Waals surface area contributed by atoms with E-state index >= 15 is 0 Å². The maximum Gasteiger partial charge on any atom is 0.253 e. The van der Waals surface area contributed by atoms with E-state index < -0.39 is 0 Å². The third-order valence-corrected chi connectivity index (χ3v) is 6.90. The lowest BCUT2D eigenvalue weighted by atomic mass is 9.81. The smallest absolute Gasteiger partial charge is 0.253 e. The standard InChI is InChI=1S/C29H35N3O.CH4N2/c1-30-20-23-15-17-24(18-16-23)21-32(29(33)26-12-6-3-7-13-26)22-27(25-10-4-2-5-11-25)28-14-8-9-19-31-28;2-1-3/h2-14,19,23-24,27,30H,15-18,20-22H2,1H3;1H,(H3,2,3). The third kappa shape index (κ3) is 8.02. The van der Waals surface area contributed by atoms with Crippen LogP contribution in [0.15, 0.2) is 85.1 Å². The maximum absolute atomic E-state index is 13.7. The lowest BCUT2D eigenvalue weighted by Crippen LogP contribution is -2.40. The minimum atomic E-state index is 0.0423. The molecule has 2 aromatic carbocycles.